The molecule has 1 unspecified atom stereocenters. The number of nitrogens with one attached hydrogen (secondary N) is 2. The molecule has 0 spiro atoms. The minimum absolute atomic E-state index is 0.00970. The van der Waals surface area contributed by atoms with E-state index in [2.05, 4.69) is 15.5 Å². The van der Waals surface area contributed by atoms with Crippen LogP contribution in [0.5, 0.6) is 5.75 Å². The van der Waals surface area contributed by atoms with E-state index in [-0.39, 0.29) is 40.0 Å². The number of nitrogens with zero attached hydrogens (tertiary/aromatic N) is 2. The van der Waals surface area contributed by atoms with Crippen molar-refractivity contribution in [1.29, 1.82) is 0 Å². The number of hydrogen-bond donors (Lipinski definition) is 2. The highest BCUT2D eigenvalue weighted by Crippen LogP contribution is 2.48. The second-order valence-electron chi connectivity index (χ2n) is 10.1. The van der Waals surface area contributed by atoms with E-state index in [0.717, 1.165) is 6.07 Å². The fraction of sp³-hybridized carbons (Fsp3) is 0.129. The molecule has 6 rings (SSSR count). The number of alkyl halides is 3. The van der Waals surface area contributed by atoms with Crippen molar-refractivity contribution in [2.24, 2.45) is 0 Å². The van der Waals surface area contributed by atoms with Gasteiger partial charge in [0.25, 0.3) is 11.8 Å². The summed E-state index contributed by atoms with van der Waals surface area (Å²) in [6.07, 6.45) is -3.48. The van der Waals surface area contributed by atoms with Crippen molar-refractivity contribution in [1.82, 2.24) is 15.1 Å². The summed E-state index contributed by atoms with van der Waals surface area (Å²) in [5.74, 6) is -2.87. The molecule has 0 aliphatic carbocycles. The standard InChI is InChI=1S/C31H20ClF5N4O3/c1-44-20-5-2-15(3-6-20)14-41-28(21-11-18(33)4-7-23(21)32)27-25(12-24-22(13-38-40-24)26(27)30(41)43)39-29(42)16-8-17(31(35,36)37)10-19(34)9-16/h2-13,28H,14H2,1H3,(H,38,40)(H,39,42). The fourth-order valence-electron chi connectivity index (χ4n) is 5.36. The number of rotatable bonds is 6. The lowest BCUT2D eigenvalue weighted by Gasteiger charge is -2.28. The second kappa shape index (κ2) is 10.9. The number of halogens is 6. The molecule has 1 atom stereocenters. The number of fused-ring (bicyclic) bond motifs is 3. The minimum Gasteiger partial charge on any atom is -0.497 e. The predicted octanol–water partition coefficient (Wildman–Crippen LogP) is 7.52. The van der Waals surface area contributed by atoms with Crippen LogP contribution in [0.4, 0.5) is 27.6 Å². The van der Waals surface area contributed by atoms with E-state index in [9.17, 15) is 31.5 Å². The summed E-state index contributed by atoms with van der Waals surface area (Å²) in [6.45, 7) is 0.0284. The van der Waals surface area contributed by atoms with E-state index < -0.39 is 46.8 Å². The molecule has 4 aromatic carbocycles. The molecule has 2 N–H and O–H groups in total. The molecule has 2 amide bonds. The number of ether oxygens (including phenoxy) is 1. The van der Waals surface area contributed by atoms with Gasteiger partial charge in [-0.3, -0.25) is 14.7 Å². The van der Waals surface area contributed by atoms with Crippen molar-refractivity contribution in [2.45, 2.75) is 18.8 Å². The average molecular weight is 627 g/mol. The molecule has 5 aromatic rings. The molecule has 2 heterocycles. The average Bonchev–Trinajstić information content (AvgIpc) is 3.56. The van der Waals surface area contributed by atoms with Gasteiger partial charge in [-0.1, -0.05) is 23.7 Å². The van der Waals surface area contributed by atoms with Gasteiger partial charge in [-0.25, -0.2) is 8.78 Å². The third-order valence-electron chi connectivity index (χ3n) is 7.35. The number of benzene rings is 4. The molecule has 0 radical (unpaired) electrons. The van der Waals surface area contributed by atoms with E-state index >= 15 is 0 Å². The van der Waals surface area contributed by atoms with Gasteiger partial charge in [0.15, 0.2) is 0 Å². The van der Waals surface area contributed by atoms with Crippen LogP contribution in [0.3, 0.4) is 0 Å². The predicted molar refractivity (Wildman–Crippen MR) is 152 cm³/mol. The van der Waals surface area contributed by atoms with Gasteiger partial charge in [0.2, 0.25) is 0 Å². The third-order valence-corrected chi connectivity index (χ3v) is 7.69. The summed E-state index contributed by atoms with van der Waals surface area (Å²) in [5.41, 5.74) is -0.369. The Kier molecular flexibility index (Phi) is 7.24. The van der Waals surface area contributed by atoms with Crippen molar-refractivity contribution in [3.05, 3.63) is 123 Å². The Morgan fingerprint density at radius 2 is 1.80 bits per heavy atom. The molecule has 44 heavy (non-hydrogen) atoms. The maximum atomic E-state index is 14.6. The third kappa shape index (κ3) is 5.21. The van der Waals surface area contributed by atoms with Crippen LogP contribution in [-0.4, -0.2) is 34.0 Å². The summed E-state index contributed by atoms with van der Waals surface area (Å²) in [7, 11) is 1.51. The summed E-state index contributed by atoms with van der Waals surface area (Å²) in [5, 5.41) is 9.81. The first-order valence-corrected chi connectivity index (χ1v) is 13.4. The van der Waals surface area contributed by atoms with E-state index in [0.29, 0.717) is 34.3 Å². The topological polar surface area (TPSA) is 87.3 Å². The summed E-state index contributed by atoms with van der Waals surface area (Å²) in [4.78, 5) is 28.9. The van der Waals surface area contributed by atoms with E-state index in [1.54, 1.807) is 24.3 Å². The van der Waals surface area contributed by atoms with Crippen LogP contribution < -0.4 is 10.1 Å². The highest BCUT2D eigenvalue weighted by atomic mass is 35.5. The molecule has 0 bridgehead atoms. The maximum Gasteiger partial charge on any atom is 0.416 e. The van der Waals surface area contributed by atoms with Crippen LogP contribution >= 0.6 is 11.6 Å². The van der Waals surface area contributed by atoms with Crippen LogP contribution in [0, 0.1) is 11.6 Å². The van der Waals surface area contributed by atoms with Crippen molar-refractivity contribution >= 4 is 40.0 Å². The molecule has 0 saturated carbocycles. The van der Waals surface area contributed by atoms with Gasteiger partial charge in [-0.05, 0) is 60.2 Å². The highest BCUT2D eigenvalue weighted by molar-refractivity contribution is 6.31. The SMILES string of the molecule is COc1ccc(CN2C(=O)c3c(c(NC(=O)c4cc(F)cc(C(F)(F)F)c4)cc4[nH]ncc34)C2c2cc(F)ccc2Cl)cc1. The zero-order valence-electron chi connectivity index (χ0n) is 22.6. The smallest absolute Gasteiger partial charge is 0.416 e. The molecule has 1 aliphatic heterocycles. The molecular formula is C31H20ClF5N4O3. The molecule has 0 saturated heterocycles. The lowest BCUT2D eigenvalue weighted by molar-refractivity contribution is -0.137. The van der Waals surface area contributed by atoms with Gasteiger partial charge in [0.05, 0.1) is 36.0 Å². The zero-order valence-corrected chi connectivity index (χ0v) is 23.4. The monoisotopic (exact) mass is 626 g/mol. The first kappa shape index (κ1) is 29.1. The summed E-state index contributed by atoms with van der Waals surface area (Å²) in [6, 6.07) is 12.5. The van der Waals surface area contributed by atoms with Crippen LogP contribution in [0.15, 0.2) is 72.9 Å². The summed E-state index contributed by atoms with van der Waals surface area (Å²) >= 11 is 6.55. The number of hydrogen-bond acceptors (Lipinski definition) is 4. The quantitative estimate of drug-likeness (QED) is 0.191. The molecule has 224 valence electrons. The van der Waals surface area contributed by atoms with Crippen molar-refractivity contribution in [3.63, 3.8) is 0 Å². The van der Waals surface area contributed by atoms with Gasteiger partial charge in [-0.2, -0.15) is 18.3 Å². The van der Waals surface area contributed by atoms with Gasteiger partial charge < -0.3 is 15.0 Å². The Morgan fingerprint density at radius 1 is 1.05 bits per heavy atom. The number of carbonyl (C=O) groups is 2. The minimum atomic E-state index is -4.90. The molecule has 13 heteroatoms. The summed E-state index contributed by atoms with van der Waals surface area (Å²) < 4.78 is 74.1. The molecule has 1 aromatic heterocycles. The molecule has 1 aliphatic rings. The van der Waals surface area contributed by atoms with Crippen LogP contribution in [0.1, 0.15) is 49.0 Å². The van der Waals surface area contributed by atoms with Gasteiger partial charge in [0.1, 0.15) is 17.4 Å². The first-order valence-electron chi connectivity index (χ1n) is 13.0. The van der Waals surface area contributed by atoms with Gasteiger partial charge in [-0.15, -0.1) is 0 Å². The van der Waals surface area contributed by atoms with E-state index in [4.69, 9.17) is 16.3 Å². The van der Waals surface area contributed by atoms with E-state index in [1.165, 1.54) is 36.4 Å². The number of carbonyl (C=O) groups excluding carboxylic acids is 2. The number of methoxy groups -OCH3 is 1. The molecular weight excluding hydrogens is 607 g/mol. The van der Waals surface area contributed by atoms with Crippen LogP contribution in [-0.2, 0) is 12.7 Å². The van der Waals surface area contributed by atoms with Gasteiger partial charge in [0, 0.05) is 39.3 Å². The lowest BCUT2D eigenvalue weighted by Crippen LogP contribution is -2.28. The fourth-order valence-corrected chi connectivity index (χ4v) is 5.58. The highest BCUT2D eigenvalue weighted by Gasteiger charge is 2.43. The number of anilines is 1. The molecule has 0 fully saturated rings. The number of aromatic nitrogens is 2. The Morgan fingerprint density at radius 3 is 2.50 bits per heavy atom. The normalized spacial score (nSPS) is 14.7. The second-order valence-corrected chi connectivity index (χ2v) is 10.5. The zero-order chi connectivity index (χ0) is 31.3. The largest absolute Gasteiger partial charge is 0.497 e. The van der Waals surface area contributed by atoms with Crippen LogP contribution in [0.2, 0.25) is 5.02 Å². The lowest BCUT2D eigenvalue weighted by atomic mass is 9.93. The van der Waals surface area contributed by atoms with E-state index in [1.807, 2.05) is 0 Å². The number of aromatic amines is 1. The number of amides is 2. The van der Waals surface area contributed by atoms with Crippen molar-refractivity contribution < 1.29 is 36.3 Å². The first-order chi connectivity index (χ1) is 20.9. The Bertz CT molecular complexity index is 1940. The maximum absolute atomic E-state index is 14.6. The van der Waals surface area contributed by atoms with Crippen LogP contribution in [0.25, 0.3) is 10.9 Å². The molecule has 7 nitrogen and oxygen atoms in total. The number of H-pyrrole nitrogens is 1. The Balaban J connectivity index is 1.52. The van der Waals surface area contributed by atoms with Crippen molar-refractivity contribution in [3.8, 4) is 5.75 Å². The Labute approximate surface area is 251 Å². The van der Waals surface area contributed by atoms with Crippen molar-refractivity contribution in [2.75, 3.05) is 12.4 Å². The Hall–Kier alpha value is -4.97. The van der Waals surface area contributed by atoms with Gasteiger partial charge >= 0.3 is 6.18 Å².